The topological polar surface area (TPSA) is 18.0 Å². The minimum absolute atomic E-state index is 0. The fourth-order valence-electron chi connectivity index (χ4n) is 3.53. The Kier molecular flexibility index (Phi) is 10.8. The molecule has 7 heteroatoms. The second kappa shape index (κ2) is 13.8. The zero-order valence-electron chi connectivity index (χ0n) is 18.7. The molecule has 0 saturated heterocycles. The van der Waals surface area contributed by atoms with Crippen LogP contribution in [0.25, 0.3) is 0 Å². The molecule has 34 heavy (non-hydrogen) atoms. The first-order chi connectivity index (χ1) is 16.2. The first kappa shape index (κ1) is 26.7. The Labute approximate surface area is 222 Å². The monoisotopic (exact) mass is 532 g/mol. The number of aromatic nitrogens is 2. The Morgan fingerprint density at radius 3 is 2.26 bits per heavy atom. The number of rotatable bonds is 11. The highest BCUT2D eigenvalue weighted by Crippen LogP contribution is 2.22. The Hall–Kier alpha value is -1.95. The molecule has 0 aliphatic carbocycles. The van der Waals surface area contributed by atoms with E-state index < -0.39 is 0 Å². The van der Waals surface area contributed by atoms with E-state index >= 15 is 0 Å². The van der Waals surface area contributed by atoms with Crippen LogP contribution in [-0.4, -0.2) is 10.3 Å². The maximum atomic E-state index is 6.34. The predicted octanol–water partition coefficient (Wildman–Crippen LogP) is 4.23. The Morgan fingerprint density at radius 1 is 0.882 bits per heavy atom. The molecule has 0 aliphatic heterocycles. The maximum absolute atomic E-state index is 6.34. The number of nitrogens with zero attached hydrogens (tertiary/aromatic N) is 2. The van der Waals surface area contributed by atoms with Crippen molar-refractivity contribution in [2.45, 2.75) is 37.1 Å². The van der Waals surface area contributed by atoms with Gasteiger partial charge in [-0.2, -0.15) is 0 Å². The molecule has 4 aromatic rings. The van der Waals surface area contributed by atoms with Crippen LogP contribution < -0.4 is 17.0 Å². The van der Waals surface area contributed by atoms with Crippen molar-refractivity contribution in [2.75, 3.05) is 5.75 Å². The van der Waals surface area contributed by atoms with Crippen LogP contribution in [0.1, 0.15) is 23.7 Å². The van der Waals surface area contributed by atoms with Gasteiger partial charge in [-0.1, -0.05) is 65.7 Å². The SMILES string of the molecule is Clc1ccc(COC(C[n+]2ccn(CCCSc3ccccc3)c2)c2ccc(Cl)cc2)cc1.[Cl-]. The van der Waals surface area contributed by atoms with Crippen molar-refractivity contribution in [3.05, 3.63) is 119 Å². The molecule has 1 unspecified atom stereocenters. The summed E-state index contributed by atoms with van der Waals surface area (Å²) in [6.45, 7) is 2.23. The molecule has 0 fully saturated rings. The smallest absolute Gasteiger partial charge is 0.243 e. The largest absolute Gasteiger partial charge is 1.00 e. The minimum Gasteiger partial charge on any atom is -1.00 e. The average Bonchev–Trinajstić information content (AvgIpc) is 3.29. The molecular formula is C27H27Cl3N2OS. The molecule has 0 radical (unpaired) electrons. The number of aryl methyl sites for hydroxylation is 1. The first-order valence-corrected chi connectivity index (χ1v) is 12.7. The molecule has 0 aliphatic rings. The Morgan fingerprint density at radius 2 is 1.56 bits per heavy atom. The lowest BCUT2D eigenvalue weighted by Crippen LogP contribution is -3.00. The van der Waals surface area contributed by atoms with Gasteiger partial charge in [0, 0.05) is 20.7 Å². The summed E-state index contributed by atoms with van der Waals surface area (Å²) in [5.41, 5.74) is 2.20. The summed E-state index contributed by atoms with van der Waals surface area (Å²) >= 11 is 14.0. The third-order valence-corrected chi connectivity index (χ3v) is 6.90. The van der Waals surface area contributed by atoms with E-state index in [2.05, 4.69) is 58.2 Å². The number of thioether (sulfide) groups is 1. The molecule has 3 nitrogen and oxygen atoms in total. The molecule has 178 valence electrons. The highest BCUT2D eigenvalue weighted by Gasteiger charge is 2.17. The average molecular weight is 534 g/mol. The van der Waals surface area contributed by atoms with Crippen molar-refractivity contribution in [2.24, 2.45) is 0 Å². The molecule has 0 amide bonds. The van der Waals surface area contributed by atoms with Gasteiger partial charge in [0.1, 0.15) is 25.0 Å². The van der Waals surface area contributed by atoms with E-state index in [4.69, 9.17) is 27.9 Å². The van der Waals surface area contributed by atoms with Gasteiger partial charge in [-0.05, 0) is 53.9 Å². The van der Waals surface area contributed by atoms with Crippen molar-refractivity contribution in [1.29, 1.82) is 0 Å². The van der Waals surface area contributed by atoms with Crippen LogP contribution >= 0.6 is 35.0 Å². The van der Waals surface area contributed by atoms with Gasteiger partial charge in [-0.3, -0.25) is 0 Å². The lowest BCUT2D eigenvalue weighted by Gasteiger charge is -2.17. The van der Waals surface area contributed by atoms with Gasteiger partial charge in [0.2, 0.25) is 6.33 Å². The molecule has 3 aromatic carbocycles. The lowest BCUT2D eigenvalue weighted by atomic mass is 10.1. The second-order valence-electron chi connectivity index (χ2n) is 7.84. The highest BCUT2D eigenvalue weighted by atomic mass is 35.5. The lowest BCUT2D eigenvalue weighted by molar-refractivity contribution is -0.704. The Bertz CT molecular complexity index is 1120. The molecule has 0 spiro atoms. The van der Waals surface area contributed by atoms with Crippen LogP contribution in [0.15, 0.2) is 102 Å². The van der Waals surface area contributed by atoms with Gasteiger partial charge < -0.3 is 17.1 Å². The zero-order valence-corrected chi connectivity index (χ0v) is 21.8. The molecule has 0 N–H and O–H groups in total. The molecular weight excluding hydrogens is 507 g/mol. The standard InChI is InChI=1S/C27H27Cl2N2OS.ClH/c28-24-11-7-22(8-12-24)20-32-27(23-9-13-25(29)14-10-23)19-31-17-16-30(21-31)15-4-18-33-26-5-2-1-3-6-26;/h1-3,5-14,16-17,21,27H,4,15,18-20H2;1H/q+1;/p-1. The number of hydrogen-bond acceptors (Lipinski definition) is 2. The van der Waals surface area contributed by atoms with E-state index in [1.165, 1.54) is 4.90 Å². The van der Waals surface area contributed by atoms with Crippen molar-refractivity contribution < 1.29 is 21.7 Å². The summed E-state index contributed by atoms with van der Waals surface area (Å²) in [4.78, 5) is 1.32. The van der Waals surface area contributed by atoms with Crippen molar-refractivity contribution in [1.82, 2.24) is 4.57 Å². The molecule has 0 saturated carbocycles. The van der Waals surface area contributed by atoms with Crippen LogP contribution in [-0.2, 0) is 24.4 Å². The number of benzene rings is 3. The van der Waals surface area contributed by atoms with E-state index in [-0.39, 0.29) is 18.5 Å². The van der Waals surface area contributed by atoms with E-state index in [9.17, 15) is 0 Å². The quantitative estimate of drug-likeness (QED) is 0.163. The van der Waals surface area contributed by atoms with Crippen molar-refractivity contribution in [3.8, 4) is 0 Å². The summed E-state index contributed by atoms with van der Waals surface area (Å²) < 4.78 is 10.8. The first-order valence-electron chi connectivity index (χ1n) is 11.0. The van der Waals surface area contributed by atoms with Crippen LogP contribution in [0.3, 0.4) is 0 Å². The summed E-state index contributed by atoms with van der Waals surface area (Å²) in [5, 5.41) is 1.45. The third-order valence-electron chi connectivity index (χ3n) is 5.30. The number of halogens is 3. The normalized spacial score (nSPS) is 11.7. The van der Waals surface area contributed by atoms with Gasteiger partial charge in [0.05, 0.1) is 13.2 Å². The van der Waals surface area contributed by atoms with Crippen LogP contribution in [0.2, 0.25) is 10.0 Å². The van der Waals surface area contributed by atoms with Gasteiger partial charge in [-0.15, -0.1) is 11.8 Å². The van der Waals surface area contributed by atoms with Crippen LogP contribution in [0, 0.1) is 0 Å². The summed E-state index contributed by atoms with van der Waals surface area (Å²) in [6, 6.07) is 26.2. The molecule has 1 atom stereocenters. The molecule has 0 bridgehead atoms. The zero-order chi connectivity index (χ0) is 22.9. The summed E-state index contributed by atoms with van der Waals surface area (Å²) in [5.74, 6) is 1.10. The van der Waals surface area contributed by atoms with E-state index in [1.807, 2.05) is 60.3 Å². The molecule has 1 heterocycles. The number of ether oxygens (including phenoxy) is 1. The molecule has 1 aromatic heterocycles. The maximum Gasteiger partial charge on any atom is 0.243 e. The highest BCUT2D eigenvalue weighted by molar-refractivity contribution is 7.99. The fourth-order valence-corrected chi connectivity index (χ4v) is 4.64. The predicted molar refractivity (Wildman–Crippen MR) is 137 cm³/mol. The van der Waals surface area contributed by atoms with Gasteiger partial charge in [-0.25, -0.2) is 9.13 Å². The van der Waals surface area contributed by atoms with Crippen molar-refractivity contribution >= 4 is 35.0 Å². The van der Waals surface area contributed by atoms with Gasteiger partial charge in [0.25, 0.3) is 0 Å². The van der Waals surface area contributed by atoms with Gasteiger partial charge >= 0.3 is 0 Å². The van der Waals surface area contributed by atoms with E-state index in [0.29, 0.717) is 6.61 Å². The van der Waals surface area contributed by atoms with Gasteiger partial charge in [0.15, 0.2) is 0 Å². The third kappa shape index (κ3) is 8.37. The summed E-state index contributed by atoms with van der Waals surface area (Å²) in [6.07, 6.45) is 7.42. The number of hydrogen-bond donors (Lipinski definition) is 0. The second-order valence-corrected chi connectivity index (χ2v) is 9.88. The van der Waals surface area contributed by atoms with Crippen LogP contribution in [0.4, 0.5) is 0 Å². The van der Waals surface area contributed by atoms with Crippen LogP contribution in [0.5, 0.6) is 0 Å². The molecule has 4 rings (SSSR count). The van der Waals surface area contributed by atoms with Crippen molar-refractivity contribution in [3.63, 3.8) is 0 Å². The Balaban J connectivity index is 0.00000324. The van der Waals surface area contributed by atoms with E-state index in [1.54, 1.807) is 0 Å². The van der Waals surface area contributed by atoms with E-state index in [0.717, 1.165) is 46.4 Å². The summed E-state index contributed by atoms with van der Waals surface area (Å²) in [7, 11) is 0. The fraction of sp³-hybridized carbons (Fsp3) is 0.222. The minimum atomic E-state index is -0.0903. The number of imidazole rings is 1.